The first-order valence-electron chi connectivity index (χ1n) is 16.9. The Morgan fingerprint density at radius 2 is 1.63 bits per heavy atom. The number of nitrogens with zero attached hydrogens (tertiary/aromatic N) is 4. The summed E-state index contributed by atoms with van der Waals surface area (Å²) in [5.74, 6) is -0.116. The van der Waals surface area contributed by atoms with Gasteiger partial charge < -0.3 is 14.4 Å². The van der Waals surface area contributed by atoms with Crippen LogP contribution in [0.5, 0.6) is 0 Å². The molecule has 3 aromatic rings. The van der Waals surface area contributed by atoms with E-state index >= 15 is 4.79 Å². The van der Waals surface area contributed by atoms with Crippen molar-refractivity contribution >= 4 is 32.9 Å². The van der Waals surface area contributed by atoms with Gasteiger partial charge in [-0.2, -0.15) is 12.7 Å². The van der Waals surface area contributed by atoms with Crippen LogP contribution < -0.4 is 4.72 Å². The highest BCUT2D eigenvalue weighted by Gasteiger charge is 2.51. The normalized spacial score (nSPS) is 27.0. The Morgan fingerprint density at radius 1 is 0.957 bits per heavy atom. The molecule has 2 bridgehead atoms. The molecule has 1 N–H and O–H groups in total. The number of carbonyl (C=O) groups is 2. The molecule has 7 rings (SSSR count). The summed E-state index contributed by atoms with van der Waals surface area (Å²) in [6, 6.07) is 14.6. The topological polar surface area (TPSA) is 95.0 Å². The van der Waals surface area contributed by atoms with Gasteiger partial charge in [0.25, 0.3) is 5.91 Å². The molecule has 0 radical (unpaired) electrons. The molecule has 2 amide bonds. The van der Waals surface area contributed by atoms with Gasteiger partial charge in [-0.3, -0.25) is 9.59 Å². The van der Waals surface area contributed by atoms with E-state index in [-0.39, 0.29) is 29.5 Å². The minimum absolute atomic E-state index is 0.0406. The van der Waals surface area contributed by atoms with Crippen LogP contribution in [0.4, 0.5) is 0 Å². The number of likely N-dealkylation sites (tertiary alicyclic amines) is 1. The zero-order valence-electron chi connectivity index (χ0n) is 27.8. The molecule has 2 unspecified atom stereocenters. The molecule has 4 atom stereocenters. The second-order valence-electron chi connectivity index (χ2n) is 14.7. The summed E-state index contributed by atoms with van der Waals surface area (Å²) in [5.41, 5.74) is 5.23. The summed E-state index contributed by atoms with van der Waals surface area (Å²) in [7, 11) is 0.984. The number of nitrogens with one attached hydrogen (secondary N) is 1. The molecule has 246 valence electrons. The largest absolute Gasteiger partial charge is 0.339 e. The van der Waals surface area contributed by atoms with Crippen LogP contribution in [0, 0.1) is 5.41 Å². The Morgan fingerprint density at radius 3 is 2.30 bits per heavy atom. The Balaban J connectivity index is 1.43. The van der Waals surface area contributed by atoms with Gasteiger partial charge in [0.15, 0.2) is 0 Å². The molecule has 1 aromatic heterocycles. The van der Waals surface area contributed by atoms with Gasteiger partial charge in [0.2, 0.25) is 5.91 Å². The number of fused-ring (bicyclic) bond motifs is 7. The molecule has 4 heterocycles. The summed E-state index contributed by atoms with van der Waals surface area (Å²) in [5, 5.41) is 1.09. The van der Waals surface area contributed by atoms with Crippen molar-refractivity contribution < 1.29 is 18.0 Å². The van der Waals surface area contributed by atoms with Crippen molar-refractivity contribution in [3.8, 4) is 11.3 Å². The van der Waals surface area contributed by atoms with E-state index in [9.17, 15) is 13.2 Å². The van der Waals surface area contributed by atoms with E-state index in [0.717, 1.165) is 65.2 Å². The number of aromatic nitrogens is 1. The Hall–Kier alpha value is -3.21. The molecule has 4 aliphatic rings. The molecule has 2 saturated heterocycles. The zero-order chi connectivity index (χ0) is 32.5. The molecule has 46 heavy (non-hydrogen) atoms. The van der Waals surface area contributed by atoms with Crippen LogP contribution in [-0.2, 0) is 21.5 Å². The van der Waals surface area contributed by atoms with Crippen molar-refractivity contribution in [2.24, 2.45) is 5.41 Å². The standard InChI is InChI=1S/C36H47N5O4S/c1-23-28-13-9-10-14-29(28)33-32(24-11-7-6-8-12-24)30-18-15-25(34(42)37-46(44,45)38(3)4)19-31(30)40(33)22-36(23,2)35(43)41-26-16-17-27(41)21-39(5)20-26/h9-10,13-15,18-19,23-24,26-27H,6-8,11-12,16-17,20-22H2,1-5H3,(H,37,42)/t23-,26?,27?,36-/m0/s1. The van der Waals surface area contributed by atoms with Crippen LogP contribution in [-0.4, -0.2) is 85.2 Å². The minimum atomic E-state index is -3.96. The zero-order valence-corrected chi connectivity index (χ0v) is 28.6. The second kappa shape index (κ2) is 11.5. The lowest BCUT2D eigenvalue weighted by atomic mass is 9.72. The van der Waals surface area contributed by atoms with E-state index in [1.54, 1.807) is 6.07 Å². The van der Waals surface area contributed by atoms with Crippen LogP contribution in [0.3, 0.4) is 0 Å². The number of amides is 2. The summed E-state index contributed by atoms with van der Waals surface area (Å²) in [6.45, 7) is 6.65. The van der Waals surface area contributed by atoms with Gasteiger partial charge in [-0.15, -0.1) is 0 Å². The number of carbonyl (C=O) groups excluding carboxylic acids is 2. The first-order valence-corrected chi connectivity index (χ1v) is 18.4. The highest BCUT2D eigenvalue weighted by Crippen LogP contribution is 2.53. The number of hydrogen-bond acceptors (Lipinski definition) is 5. The smallest absolute Gasteiger partial charge is 0.303 e. The molecule has 10 heteroatoms. The fourth-order valence-corrected chi connectivity index (χ4v) is 9.47. The third-order valence-electron chi connectivity index (χ3n) is 11.6. The van der Waals surface area contributed by atoms with E-state index in [2.05, 4.69) is 64.2 Å². The third-order valence-corrected chi connectivity index (χ3v) is 13.0. The Labute approximate surface area is 273 Å². The lowest BCUT2D eigenvalue weighted by Gasteiger charge is -2.45. The molecule has 2 aromatic carbocycles. The van der Waals surface area contributed by atoms with Crippen molar-refractivity contribution in [1.82, 2.24) is 23.4 Å². The van der Waals surface area contributed by atoms with Crippen LogP contribution in [0.15, 0.2) is 42.5 Å². The predicted molar refractivity (Wildman–Crippen MR) is 181 cm³/mol. The van der Waals surface area contributed by atoms with Gasteiger partial charge in [0.05, 0.1) is 11.1 Å². The number of rotatable bonds is 5. The molecular weight excluding hydrogens is 598 g/mol. The van der Waals surface area contributed by atoms with Crippen LogP contribution in [0.25, 0.3) is 22.2 Å². The first-order chi connectivity index (χ1) is 21.9. The number of piperazine rings is 1. The lowest BCUT2D eigenvalue weighted by molar-refractivity contribution is -0.149. The summed E-state index contributed by atoms with van der Waals surface area (Å²) < 4.78 is 30.7. The summed E-state index contributed by atoms with van der Waals surface area (Å²) in [6.07, 6.45) is 7.89. The monoisotopic (exact) mass is 645 g/mol. The summed E-state index contributed by atoms with van der Waals surface area (Å²) in [4.78, 5) is 33.0. The van der Waals surface area contributed by atoms with Gasteiger partial charge >= 0.3 is 10.2 Å². The lowest BCUT2D eigenvalue weighted by Crippen LogP contribution is -2.59. The fourth-order valence-electron chi connectivity index (χ4n) is 8.94. The second-order valence-corrected chi connectivity index (χ2v) is 16.6. The summed E-state index contributed by atoms with van der Waals surface area (Å²) >= 11 is 0. The minimum Gasteiger partial charge on any atom is -0.339 e. The number of likely N-dealkylation sites (N-methyl/N-ethyl adjacent to an activating group) is 1. The highest BCUT2D eigenvalue weighted by atomic mass is 32.2. The SMILES string of the molecule is C[C@H]1c2ccccc2-c2c(C3CCCCC3)c3ccc(C(=O)NS(=O)(=O)N(C)C)cc3n2C[C@]1(C)C(=O)N1C2CCC1CN(C)C2. The Bertz CT molecular complexity index is 1800. The van der Waals surface area contributed by atoms with E-state index in [1.165, 1.54) is 44.5 Å². The van der Waals surface area contributed by atoms with Gasteiger partial charge in [0, 0.05) is 67.8 Å². The van der Waals surface area contributed by atoms with Crippen molar-refractivity contribution in [2.75, 3.05) is 34.2 Å². The quantitative estimate of drug-likeness (QED) is 0.406. The van der Waals surface area contributed by atoms with Gasteiger partial charge in [0.1, 0.15) is 0 Å². The van der Waals surface area contributed by atoms with Gasteiger partial charge in [-0.25, -0.2) is 4.72 Å². The van der Waals surface area contributed by atoms with Gasteiger partial charge in [-0.05, 0) is 74.8 Å². The van der Waals surface area contributed by atoms with Crippen LogP contribution in [0.2, 0.25) is 0 Å². The maximum atomic E-state index is 15.0. The van der Waals surface area contributed by atoms with Crippen LogP contribution >= 0.6 is 0 Å². The molecular formula is C36H47N5O4S. The molecule has 9 nitrogen and oxygen atoms in total. The van der Waals surface area contributed by atoms with E-state index in [4.69, 9.17) is 0 Å². The van der Waals surface area contributed by atoms with Gasteiger partial charge in [-0.1, -0.05) is 56.5 Å². The van der Waals surface area contributed by atoms with Crippen molar-refractivity contribution in [3.63, 3.8) is 0 Å². The molecule has 1 saturated carbocycles. The fraction of sp³-hybridized carbons (Fsp3) is 0.556. The molecule has 3 aliphatic heterocycles. The predicted octanol–water partition coefficient (Wildman–Crippen LogP) is 5.32. The van der Waals surface area contributed by atoms with Crippen LogP contribution in [0.1, 0.15) is 92.1 Å². The maximum Gasteiger partial charge on any atom is 0.303 e. The number of hydrogen-bond donors (Lipinski definition) is 1. The van der Waals surface area contributed by atoms with Crippen molar-refractivity contribution in [3.05, 3.63) is 59.2 Å². The molecule has 1 aliphatic carbocycles. The van der Waals surface area contributed by atoms with E-state index < -0.39 is 21.5 Å². The number of benzene rings is 2. The highest BCUT2D eigenvalue weighted by molar-refractivity contribution is 7.87. The molecule has 0 spiro atoms. The average molecular weight is 646 g/mol. The third kappa shape index (κ3) is 4.99. The van der Waals surface area contributed by atoms with Crippen molar-refractivity contribution in [2.45, 2.75) is 89.3 Å². The molecule has 3 fully saturated rings. The Kier molecular flexibility index (Phi) is 7.84. The average Bonchev–Trinajstić information content (AvgIpc) is 3.46. The van der Waals surface area contributed by atoms with E-state index in [1.807, 2.05) is 12.1 Å². The first kappa shape index (κ1) is 31.4. The van der Waals surface area contributed by atoms with E-state index in [0.29, 0.717) is 12.5 Å². The van der Waals surface area contributed by atoms with Crippen molar-refractivity contribution in [1.29, 1.82) is 0 Å². The maximum absolute atomic E-state index is 15.0.